The van der Waals surface area contributed by atoms with Crippen molar-refractivity contribution in [3.8, 4) is 0 Å². The van der Waals surface area contributed by atoms with E-state index in [4.69, 9.17) is 0 Å². The number of carbonyl (C=O) groups excluding carboxylic acids is 3. The number of rotatable bonds is 8. The summed E-state index contributed by atoms with van der Waals surface area (Å²) in [5, 5.41) is 18.3. The molecule has 208 valence electrons. The zero-order valence-electron chi connectivity index (χ0n) is 22.9. The van der Waals surface area contributed by atoms with Gasteiger partial charge in [-0.25, -0.2) is 15.0 Å². The molecular weight excluding hydrogens is 510 g/mol. The number of hydrogen-bond donors (Lipinski definition) is 3. The highest BCUT2D eigenvalue weighted by Crippen LogP contribution is 2.37. The molecule has 0 saturated carbocycles. The molecule has 5 amide bonds. The molecule has 0 aliphatic carbocycles. The van der Waals surface area contributed by atoms with Crippen molar-refractivity contribution in [2.45, 2.75) is 25.6 Å². The van der Waals surface area contributed by atoms with E-state index in [2.05, 4.69) is 15.8 Å². The molecule has 1 heterocycles. The molecule has 1 fully saturated rings. The van der Waals surface area contributed by atoms with E-state index >= 15 is 0 Å². The van der Waals surface area contributed by atoms with Crippen molar-refractivity contribution in [1.82, 2.24) is 15.4 Å². The Bertz CT molecular complexity index is 1360. The van der Waals surface area contributed by atoms with Gasteiger partial charge >= 0.3 is 12.1 Å². The molecule has 11 nitrogen and oxygen atoms in total. The van der Waals surface area contributed by atoms with E-state index in [0.29, 0.717) is 16.4 Å². The Labute approximate surface area is 233 Å². The molecule has 3 N–H and O–H groups in total. The summed E-state index contributed by atoms with van der Waals surface area (Å²) in [6.45, 7) is 3.01. The van der Waals surface area contributed by atoms with Crippen LogP contribution in [0.25, 0.3) is 0 Å². The van der Waals surface area contributed by atoms with Gasteiger partial charge in [-0.1, -0.05) is 48.5 Å². The molecule has 0 aromatic heterocycles. The number of anilines is 3. The van der Waals surface area contributed by atoms with Crippen LogP contribution in [0, 0.1) is 0 Å². The first kappa shape index (κ1) is 28.1. The summed E-state index contributed by atoms with van der Waals surface area (Å²) in [4.78, 5) is 44.2. The number of amides is 5. The maximum atomic E-state index is 13.7. The van der Waals surface area contributed by atoms with Gasteiger partial charge in [0.05, 0.1) is 11.8 Å². The third kappa shape index (κ3) is 6.05. The van der Waals surface area contributed by atoms with Crippen LogP contribution in [0.2, 0.25) is 0 Å². The number of hydrogen-bond acceptors (Lipinski definition) is 6. The molecule has 1 aliphatic heterocycles. The first-order valence-corrected chi connectivity index (χ1v) is 12.7. The minimum Gasteiger partial charge on any atom is -0.378 e. The summed E-state index contributed by atoms with van der Waals surface area (Å²) in [5.74, 6) is -0.533. The number of hydroxylamine groups is 2. The molecule has 40 heavy (non-hydrogen) atoms. The summed E-state index contributed by atoms with van der Waals surface area (Å²) >= 11 is 0. The van der Waals surface area contributed by atoms with Gasteiger partial charge in [-0.15, -0.1) is 0 Å². The largest absolute Gasteiger partial charge is 0.378 e. The average Bonchev–Trinajstić information content (AvgIpc) is 3.14. The molecule has 0 bridgehead atoms. The minimum absolute atomic E-state index is 0.350. The van der Waals surface area contributed by atoms with Crippen LogP contribution in [0.15, 0.2) is 90.0 Å². The van der Waals surface area contributed by atoms with Crippen LogP contribution < -0.4 is 20.5 Å². The highest BCUT2D eigenvalue weighted by Gasteiger charge is 2.56. The quantitative estimate of drug-likeness (QED) is 0.224. The van der Waals surface area contributed by atoms with Crippen molar-refractivity contribution < 1.29 is 19.6 Å². The number of para-hydroxylation sites is 2. The zero-order valence-corrected chi connectivity index (χ0v) is 22.9. The first-order valence-electron chi connectivity index (χ1n) is 12.7. The van der Waals surface area contributed by atoms with Crippen LogP contribution in [0.3, 0.4) is 0 Å². The predicted octanol–water partition coefficient (Wildman–Crippen LogP) is 4.17. The summed E-state index contributed by atoms with van der Waals surface area (Å²) in [7, 11) is 3.89. The molecule has 1 atom stereocenters. The monoisotopic (exact) mass is 543 g/mol. The van der Waals surface area contributed by atoms with Crippen LogP contribution in [-0.4, -0.2) is 71.7 Å². The highest BCUT2D eigenvalue weighted by atomic mass is 16.5. The molecule has 3 aromatic carbocycles. The van der Waals surface area contributed by atoms with E-state index in [1.807, 2.05) is 43.3 Å². The zero-order chi connectivity index (χ0) is 28.9. The number of nitrogens with zero attached hydrogens (tertiary/aromatic N) is 5. The smallest absolute Gasteiger partial charge is 0.347 e. The summed E-state index contributed by atoms with van der Waals surface area (Å²) in [5.41, 5.74) is 4.04. The maximum absolute atomic E-state index is 13.7. The normalized spacial score (nSPS) is 16.2. The number of nitrogens with one attached hydrogen (secondary N) is 2. The lowest BCUT2D eigenvalue weighted by molar-refractivity contribution is -0.124. The molecule has 1 aliphatic rings. The van der Waals surface area contributed by atoms with Gasteiger partial charge in [-0.3, -0.25) is 14.9 Å². The second-order valence-corrected chi connectivity index (χ2v) is 10.0. The number of carbonyl (C=O) groups is 3. The number of benzene rings is 3. The topological polar surface area (TPSA) is 121 Å². The molecule has 0 spiro atoms. The van der Waals surface area contributed by atoms with Crippen molar-refractivity contribution in [1.29, 1.82) is 0 Å². The Kier molecular flexibility index (Phi) is 8.34. The van der Waals surface area contributed by atoms with Crippen LogP contribution in [0.1, 0.15) is 19.4 Å². The SMILES string of the molecule is CN(C)c1ccc(C=NNC(=O)CN2C(=O)N(c3ccccc3)[C@H](N(O)C(=O)Nc3ccccc3)C2(C)C)cc1. The maximum Gasteiger partial charge on any atom is 0.347 e. The molecular formula is C29H33N7O4. The van der Waals surface area contributed by atoms with E-state index < -0.39 is 29.7 Å². The van der Waals surface area contributed by atoms with Crippen LogP contribution in [0.5, 0.6) is 0 Å². The van der Waals surface area contributed by atoms with Gasteiger partial charge in [0.1, 0.15) is 6.54 Å². The van der Waals surface area contributed by atoms with Crippen molar-refractivity contribution in [2.75, 3.05) is 35.8 Å². The summed E-state index contributed by atoms with van der Waals surface area (Å²) in [6, 6.07) is 23.6. The van der Waals surface area contributed by atoms with Crippen molar-refractivity contribution in [3.63, 3.8) is 0 Å². The average molecular weight is 544 g/mol. The van der Waals surface area contributed by atoms with Crippen LogP contribution in [-0.2, 0) is 4.79 Å². The first-order chi connectivity index (χ1) is 19.1. The Morgan fingerprint density at radius 1 is 0.975 bits per heavy atom. The Morgan fingerprint density at radius 2 is 1.57 bits per heavy atom. The molecule has 0 radical (unpaired) electrons. The van der Waals surface area contributed by atoms with E-state index in [0.717, 1.165) is 11.3 Å². The Balaban J connectivity index is 1.52. The Hall–Kier alpha value is -4.90. The lowest BCUT2D eigenvalue weighted by Gasteiger charge is -2.38. The minimum atomic E-state index is -1.18. The van der Waals surface area contributed by atoms with Gasteiger partial charge in [-0.05, 0) is 55.8 Å². The van der Waals surface area contributed by atoms with Crippen LogP contribution >= 0.6 is 0 Å². The van der Waals surface area contributed by atoms with E-state index in [-0.39, 0.29) is 6.54 Å². The molecule has 0 unspecified atom stereocenters. The van der Waals surface area contributed by atoms with Gasteiger partial charge in [0.15, 0.2) is 6.17 Å². The molecule has 4 rings (SSSR count). The number of hydrazone groups is 1. The highest BCUT2D eigenvalue weighted by molar-refractivity contribution is 6.00. The Morgan fingerprint density at radius 3 is 2.17 bits per heavy atom. The van der Waals surface area contributed by atoms with Crippen molar-refractivity contribution >= 4 is 41.2 Å². The van der Waals surface area contributed by atoms with E-state index in [1.165, 1.54) is 16.0 Å². The standard InChI is InChI=1S/C29H33N7O4/c1-29(2)26(36(40)27(38)31-22-11-7-5-8-12-22)35(24-13-9-6-10-14-24)28(39)34(29)20-25(37)32-30-19-21-15-17-23(18-16-21)33(3)4/h5-19,26,40H,20H2,1-4H3,(H,31,38)(H,32,37)/t26-/m1/s1. The third-order valence-corrected chi connectivity index (χ3v) is 6.62. The van der Waals surface area contributed by atoms with Gasteiger partial charge in [-0.2, -0.15) is 10.2 Å². The lowest BCUT2D eigenvalue weighted by atomic mass is 9.99. The molecule has 1 saturated heterocycles. The van der Waals surface area contributed by atoms with Crippen LogP contribution in [0.4, 0.5) is 26.7 Å². The summed E-state index contributed by atoms with van der Waals surface area (Å²) < 4.78 is 0. The second kappa shape index (κ2) is 11.9. The summed E-state index contributed by atoms with van der Waals surface area (Å²) in [6.07, 6.45) is 0.356. The molecule has 11 heteroatoms. The number of urea groups is 2. The van der Waals surface area contributed by atoms with Gasteiger partial charge < -0.3 is 15.1 Å². The van der Waals surface area contributed by atoms with Crippen molar-refractivity contribution in [2.24, 2.45) is 5.10 Å². The lowest BCUT2D eigenvalue weighted by Crippen LogP contribution is -2.58. The fraction of sp³-hybridized carbons (Fsp3) is 0.241. The van der Waals surface area contributed by atoms with Gasteiger partial charge in [0.25, 0.3) is 5.91 Å². The second-order valence-electron chi connectivity index (χ2n) is 10.0. The van der Waals surface area contributed by atoms with Gasteiger partial charge in [0, 0.05) is 31.2 Å². The molecule has 3 aromatic rings. The van der Waals surface area contributed by atoms with Gasteiger partial charge in [0.2, 0.25) is 0 Å². The fourth-order valence-corrected chi connectivity index (χ4v) is 4.49. The predicted molar refractivity (Wildman–Crippen MR) is 154 cm³/mol. The van der Waals surface area contributed by atoms with E-state index in [9.17, 15) is 19.6 Å². The third-order valence-electron chi connectivity index (χ3n) is 6.62. The van der Waals surface area contributed by atoms with E-state index in [1.54, 1.807) is 74.5 Å². The van der Waals surface area contributed by atoms with Crippen molar-refractivity contribution in [3.05, 3.63) is 90.5 Å². The fourth-order valence-electron chi connectivity index (χ4n) is 4.49.